The van der Waals surface area contributed by atoms with E-state index in [4.69, 9.17) is 28.8 Å². The van der Waals surface area contributed by atoms with Crippen LogP contribution in [0.4, 0.5) is 4.79 Å². The van der Waals surface area contributed by atoms with Crippen LogP contribution in [0.3, 0.4) is 0 Å². The molecule has 0 aromatic carbocycles. The molecule has 352 valence electrons. The molecule has 0 amide bonds. The van der Waals surface area contributed by atoms with Gasteiger partial charge in [-0.15, -0.1) is 0 Å². The third-order valence-corrected chi connectivity index (χ3v) is 11.5. The van der Waals surface area contributed by atoms with Gasteiger partial charge in [-0.25, -0.2) is 4.79 Å². The number of carbonyl (C=O) groups is 2. The van der Waals surface area contributed by atoms with E-state index in [1.54, 1.807) is 0 Å². The molecule has 0 rings (SSSR count). The Balaban J connectivity index is 4.53. The average molecular weight is 842 g/mol. The Morgan fingerprint density at radius 1 is 0.424 bits per heavy atom. The fraction of sp³-hybridized carbons (Fsp3) is 0.960. The molecule has 0 bridgehead atoms. The number of esters is 1. The van der Waals surface area contributed by atoms with Crippen molar-refractivity contribution in [3.05, 3.63) is 0 Å². The van der Waals surface area contributed by atoms with E-state index in [-0.39, 0.29) is 24.6 Å². The van der Waals surface area contributed by atoms with Gasteiger partial charge in [0.25, 0.3) is 0 Å². The number of hydrogen-bond donors (Lipinski definition) is 1. The fourth-order valence-corrected chi connectivity index (χ4v) is 7.70. The van der Waals surface area contributed by atoms with Crippen LogP contribution in [-0.2, 0) is 28.5 Å². The maximum absolute atomic E-state index is 13.0. The Morgan fingerprint density at radius 3 is 1.34 bits per heavy atom. The van der Waals surface area contributed by atoms with Crippen LogP contribution >= 0.6 is 0 Å². The zero-order valence-corrected chi connectivity index (χ0v) is 39.6. The van der Waals surface area contributed by atoms with Gasteiger partial charge in [0, 0.05) is 6.54 Å². The minimum Gasteiger partial charge on any atom is -0.465 e. The Labute approximate surface area is 365 Å². The van der Waals surface area contributed by atoms with Gasteiger partial charge >= 0.3 is 12.1 Å². The lowest BCUT2D eigenvalue weighted by Crippen LogP contribution is -2.30. The maximum atomic E-state index is 13.0. The second-order valence-corrected chi connectivity index (χ2v) is 17.1. The van der Waals surface area contributed by atoms with Crippen LogP contribution in [0.25, 0.3) is 0 Å². The monoisotopic (exact) mass is 842 g/mol. The zero-order chi connectivity index (χ0) is 43.1. The van der Waals surface area contributed by atoms with Crippen LogP contribution in [0.15, 0.2) is 0 Å². The van der Waals surface area contributed by atoms with Gasteiger partial charge in [-0.2, -0.15) is 0 Å². The van der Waals surface area contributed by atoms with Crippen molar-refractivity contribution in [1.29, 1.82) is 0 Å². The molecule has 0 aromatic heterocycles. The predicted molar refractivity (Wildman–Crippen MR) is 246 cm³/mol. The molecule has 0 saturated heterocycles. The molecule has 0 aromatic rings. The Kier molecular flexibility index (Phi) is 46.5. The van der Waals surface area contributed by atoms with Gasteiger partial charge in [0.2, 0.25) is 0 Å². The molecule has 9 nitrogen and oxygen atoms in total. The van der Waals surface area contributed by atoms with Gasteiger partial charge in [-0.1, -0.05) is 169 Å². The average Bonchev–Trinajstić information content (AvgIpc) is 3.23. The highest BCUT2D eigenvalue weighted by atomic mass is 16.7. The molecule has 59 heavy (non-hydrogen) atoms. The summed E-state index contributed by atoms with van der Waals surface area (Å²) in [6, 6.07) is 0. The van der Waals surface area contributed by atoms with Crippen molar-refractivity contribution in [3.63, 3.8) is 0 Å². The number of carbonyl (C=O) groups excluding carboxylic acids is 2. The molecular weight excluding hydrogens is 743 g/mol. The lowest BCUT2D eigenvalue weighted by molar-refractivity contribution is -0.149. The summed E-state index contributed by atoms with van der Waals surface area (Å²) in [4.78, 5) is 28.1. The first-order valence-electron chi connectivity index (χ1n) is 25.5. The van der Waals surface area contributed by atoms with E-state index in [9.17, 15) is 9.59 Å². The fourth-order valence-electron chi connectivity index (χ4n) is 7.70. The molecule has 0 aliphatic heterocycles. The van der Waals surface area contributed by atoms with E-state index in [0.717, 1.165) is 122 Å². The lowest BCUT2D eigenvalue weighted by Gasteiger charge is -2.22. The molecule has 9 heteroatoms. The van der Waals surface area contributed by atoms with Gasteiger partial charge in [0.1, 0.15) is 6.10 Å². The number of unbranched alkanes of at least 4 members (excludes halogenated alkanes) is 22. The lowest BCUT2D eigenvalue weighted by atomic mass is 9.94. The van der Waals surface area contributed by atoms with Crippen LogP contribution in [0.1, 0.15) is 233 Å². The van der Waals surface area contributed by atoms with Gasteiger partial charge in [-0.05, 0) is 77.3 Å². The number of nitrogens with zero attached hydrogens (tertiary/aromatic N) is 1. The van der Waals surface area contributed by atoms with E-state index in [1.165, 1.54) is 103 Å². The van der Waals surface area contributed by atoms with E-state index in [0.29, 0.717) is 39.6 Å². The van der Waals surface area contributed by atoms with Crippen molar-refractivity contribution in [3.8, 4) is 0 Å². The summed E-state index contributed by atoms with van der Waals surface area (Å²) in [7, 11) is 0. The maximum Gasteiger partial charge on any atom is 0.508 e. The summed E-state index contributed by atoms with van der Waals surface area (Å²) in [5.74, 6) is 0.108. The number of hydrogen-bond acceptors (Lipinski definition) is 9. The van der Waals surface area contributed by atoms with Crippen molar-refractivity contribution in [1.82, 2.24) is 4.90 Å². The summed E-state index contributed by atoms with van der Waals surface area (Å²) in [6.07, 6.45) is 36.2. The van der Waals surface area contributed by atoms with Crippen LogP contribution in [0.5, 0.6) is 0 Å². The standard InChI is InChI=1S/C50H99NO8/c1-5-9-13-17-19-26-34-47(33-25-15-11-7-3)49(53)57-41-31-23-21-29-37-51(39-43-55-45-46-56-44-40-52)38-30-22-24-32-42-58-50(54)59-48(35-27-16-12-8-4)36-28-20-18-14-10-6-2/h47-48,52H,5-46H2,1-4H3. The van der Waals surface area contributed by atoms with Crippen LogP contribution in [-0.4, -0.2) is 94.1 Å². The Morgan fingerprint density at radius 2 is 0.831 bits per heavy atom. The number of rotatable bonds is 48. The first-order chi connectivity index (χ1) is 29.0. The molecule has 0 fully saturated rings. The van der Waals surface area contributed by atoms with Crippen LogP contribution < -0.4 is 0 Å². The molecule has 0 heterocycles. The van der Waals surface area contributed by atoms with Crippen molar-refractivity contribution in [2.45, 2.75) is 239 Å². The van der Waals surface area contributed by atoms with E-state index >= 15 is 0 Å². The molecular formula is C50H99NO8. The molecule has 0 spiro atoms. The van der Waals surface area contributed by atoms with E-state index < -0.39 is 6.16 Å². The molecule has 0 radical (unpaired) electrons. The molecule has 2 atom stereocenters. The topological polar surface area (TPSA) is 104 Å². The second-order valence-electron chi connectivity index (χ2n) is 17.1. The first kappa shape index (κ1) is 57.6. The first-order valence-corrected chi connectivity index (χ1v) is 25.5. The number of aliphatic hydroxyl groups is 1. The van der Waals surface area contributed by atoms with Gasteiger partial charge in [0.05, 0.1) is 52.2 Å². The highest BCUT2D eigenvalue weighted by Gasteiger charge is 2.19. The molecule has 0 aliphatic carbocycles. The highest BCUT2D eigenvalue weighted by molar-refractivity contribution is 5.72. The summed E-state index contributed by atoms with van der Waals surface area (Å²) < 4.78 is 28.3. The van der Waals surface area contributed by atoms with E-state index in [1.807, 2.05) is 0 Å². The van der Waals surface area contributed by atoms with Crippen molar-refractivity contribution in [2.75, 3.05) is 65.9 Å². The largest absolute Gasteiger partial charge is 0.508 e. The van der Waals surface area contributed by atoms with Crippen LogP contribution in [0.2, 0.25) is 0 Å². The summed E-state index contributed by atoms with van der Waals surface area (Å²) in [6.45, 7) is 14.9. The van der Waals surface area contributed by atoms with Crippen molar-refractivity contribution in [2.24, 2.45) is 5.92 Å². The normalized spacial score (nSPS) is 12.6. The number of aliphatic hydroxyl groups excluding tert-OH is 1. The smallest absolute Gasteiger partial charge is 0.465 e. The summed E-state index contributed by atoms with van der Waals surface area (Å²) in [5, 5.41) is 8.91. The highest BCUT2D eigenvalue weighted by Crippen LogP contribution is 2.21. The third-order valence-electron chi connectivity index (χ3n) is 11.5. The van der Waals surface area contributed by atoms with Gasteiger partial charge < -0.3 is 33.7 Å². The number of ether oxygens (including phenoxy) is 5. The quantitative estimate of drug-likeness (QED) is 0.0474. The van der Waals surface area contributed by atoms with Gasteiger partial charge in [0.15, 0.2) is 0 Å². The third kappa shape index (κ3) is 41.7. The van der Waals surface area contributed by atoms with E-state index in [2.05, 4.69) is 32.6 Å². The molecule has 0 saturated carbocycles. The predicted octanol–water partition coefficient (Wildman–Crippen LogP) is 13.6. The SMILES string of the molecule is CCCCCCCCC(CCCCCC)OC(=O)OCCCCCCN(CCCCCCOC(=O)C(CCCCCC)CCCCCCCC)CCOCCOCCO. The minimum atomic E-state index is -0.493. The molecule has 2 unspecified atom stereocenters. The summed E-state index contributed by atoms with van der Waals surface area (Å²) in [5.41, 5.74) is 0. The minimum absolute atomic E-state index is 0.0201. The Hall–Kier alpha value is -1.42. The van der Waals surface area contributed by atoms with Gasteiger partial charge in [-0.3, -0.25) is 4.79 Å². The van der Waals surface area contributed by atoms with Crippen molar-refractivity contribution < 1.29 is 38.4 Å². The Bertz CT molecular complexity index is 861. The summed E-state index contributed by atoms with van der Waals surface area (Å²) >= 11 is 0. The second kappa shape index (κ2) is 47.6. The molecule has 0 aliphatic rings. The molecule has 1 N–H and O–H groups in total. The zero-order valence-electron chi connectivity index (χ0n) is 39.6. The van der Waals surface area contributed by atoms with Crippen LogP contribution in [0, 0.1) is 5.92 Å². The van der Waals surface area contributed by atoms with Crippen molar-refractivity contribution >= 4 is 12.1 Å².